The monoisotopic (exact) mass is 233 g/mol. The summed E-state index contributed by atoms with van der Waals surface area (Å²) < 4.78 is 1.53. The fraction of sp³-hybridized carbons (Fsp3) is 0.200. The lowest BCUT2D eigenvalue weighted by molar-refractivity contribution is -0.384. The molecular weight excluding hydrogens is 222 g/mol. The third-order valence-electron chi connectivity index (χ3n) is 2.26. The van der Waals surface area contributed by atoms with Gasteiger partial charge in [0.05, 0.1) is 10.6 Å². The number of anilines is 1. The molecule has 1 heterocycles. The Hall–Kier alpha value is -2.44. The standard InChI is InChI=1S/C10H11N5O2/c1-6-12-7(2)14(13-6)9-3-8(11)4-10(5-9)15(16)17/h3-5H,11H2,1-2H3. The normalized spacial score (nSPS) is 10.5. The van der Waals surface area contributed by atoms with E-state index in [1.54, 1.807) is 19.9 Å². The molecule has 0 aliphatic rings. The lowest BCUT2D eigenvalue weighted by Gasteiger charge is -2.04. The van der Waals surface area contributed by atoms with E-state index >= 15 is 0 Å². The summed E-state index contributed by atoms with van der Waals surface area (Å²) in [7, 11) is 0. The van der Waals surface area contributed by atoms with Crippen LogP contribution in [-0.4, -0.2) is 19.7 Å². The Bertz CT molecular complexity index is 590. The van der Waals surface area contributed by atoms with Crippen molar-refractivity contribution in [3.05, 3.63) is 40.0 Å². The highest BCUT2D eigenvalue weighted by Crippen LogP contribution is 2.21. The van der Waals surface area contributed by atoms with Gasteiger partial charge in [-0.1, -0.05) is 0 Å². The number of hydrogen-bond acceptors (Lipinski definition) is 5. The van der Waals surface area contributed by atoms with Gasteiger partial charge in [-0.25, -0.2) is 9.67 Å². The first-order valence-corrected chi connectivity index (χ1v) is 4.93. The van der Waals surface area contributed by atoms with Gasteiger partial charge in [0.1, 0.15) is 11.6 Å². The van der Waals surface area contributed by atoms with Gasteiger partial charge in [-0.05, 0) is 19.9 Å². The molecule has 0 radical (unpaired) electrons. The number of nitrogen functional groups attached to an aromatic ring is 1. The lowest BCUT2D eigenvalue weighted by Crippen LogP contribution is -2.02. The summed E-state index contributed by atoms with van der Waals surface area (Å²) in [4.78, 5) is 14.4. The third-order valence-corrected chi connectivity index (χ3v) is 2.26. The predicted octanol–water partition coefficient (Wildman–Crippen LogP) is 1.37. The number of benzene rings is 1. The van der Waals surface area contributed by atoms with E-state index in [1.165, 1.54) is 16.8 Å². The van der Waals surface area contributed by atoms with Gasteiger partial charge in [0.25, 0.3) is 5.69 Å². The van der Waals surface area contributed by atoms with Gasteiger partial charge in [-0.15, -0.1) is 0 Å². The molecule has 1 aromatic heterocycles. The molecule has 0 atom stereocenters. The van der Waals surface area contributed by atoms with Gasteiger partial charge < -0.3 is 5.73 Å². The summed E-state index contributed by atoms with van der Waals surface area (Å²) >= 11 is 0. The summed E-state index contributed by atoms with van der Waals surface area (Å²) in [5.41, 5.74) is 6.42. The average Bonchev–Trinajstić information content (AvgIpc) is 2.57. The Morgan fingerprint density at radius 2 is 2.06 bits per heavy atom. The first-order valence-electron chi connectivity index (χ1n) is 4.93. The van der Waals surface area contributed by atoms with E-state index < -0.39 is 4.92 Å². The molecule has 0 unspecified atom stereocenters. The number of hydrogen-bond donors (Lipinski definition) is 1. The number of nitro groups is 1. The highest BCUT2D eigenvalue weighted by molar-refractivity contribution is 5.56. The van der Waals surface area contributed by atoms with Crippen LogP contribution < -0.4 is 5.73 Å². The van der Waals surface area contributed by atoms with Gasteiger partial charge in [-0.3, -0.25) is 10.1 Å². The zero-order chi connectivity index (χ0) is 12.6. The van der Waals surface area contributed by atoms with Crippen molar-refractivity contribution in [2.75, 3.05) is 5.73 Å². The lowest BCUT2D eigenvalue weighted by atomic mass is 10.2. The van der Waals surface area contributed by atoms with Crippen LogP contribution in [0.5, 0.6) is 0 Å². The van der Waals surface area contributed by atoms with E-state index in [4.69, 9.17) is 5.73 Å². The molecule has 2 N–H and O–H groups in total. The smallest absolute Gasteiger partial charge is 0.273 e. The van der Waals surface area contributed by atoms with Crippen LogP contribution in [-0.2, 0) is 0 Å². The molecule has 0 fully saturated rings. The van der Waals surface area contributed by atoms with Crippen LogP contribution in [0.2, 0.25) is 0 Å². The Balaban J connectivity index is 2.59. The molecule has 2 aromatic rings. The molecule has 17 heavy (non-hydrogen) atoms. The van der Waals surface area contributed by atoms with Crippen LogP contribution in [0.25, 0.3) is 5.69 Å². The SMILES string of the molecule is Cc1nc(C)n(-c2cc(N)cc([N+](=O)[O-])c2)n1. The van der Waals surface area contributed by atoms with Crippen molar-refractivity contribution in [1.29, 1.82) is 0 Å². The van der Waals surface area contributed by atoms with Crippen LogP contribution in [0.15, 0.2) is 18.2 Å². The topological polar surface area (TPSA) is 99.9 Å². The maximum absolute atomic E-state index is 10.7. The second-order valence-corrected chi connectivity index (χ2v) is 3.66. The minimum atomic E-state index is -0.487. The summed E-state index contributed by atoms with van der Waals surface area (Å²) in [6.07, 6.45) is 0. The van der Waals surface area contributed by atoms with E-state index in [0.717, 1.165) is 0 Å². The molecule has 0 amide bonds. The molecular formula is C10H11N5O2. The fourth-order valence-corrected chi connectivity index (χ4v) is 1.61. The Labute approximate surface area is 97.0 Å². The van der Waals surface area contributed by atoms with Gasteiger partial charge in [0.15, 0.2) is 0 Å². The number of aromatic nitrogens is 3. The molecule has 0 bridgehead atoms. The molecule has 0 aliphatic carbocycles. The Kier molecular flexibility index (Phi) is 2.51. The van der Waals surface area contributed by atoms with E-state index in [1.807, 2.05) is 0 Å². The molecule has 0 aliphatic heterocycles. The molecule has 0 saturated heterocycles. The zero-order valence-corrected chi connectivity index (χ0v) is 9.41. The molecule has 0 spiro atoms. The quantitative estimate of drug-likeness (QED) is 0.479. The van der Waals surface area contributed by atoms with Crippen LogP contribution >= 0.6 is 0 Å². The highest BCUT2D eigenvalue weighted by Gasteiger charge is 2.12. The van der Waals surface area contributed by atoms with E-state index in [-0.39, 0.29) is 5.69 Å². The van der Waals surface area contributed by atoms with E-state index in [2.05, 4.69) is 10.1 Å². The largest absolute Gasteiger partial charge is 0.398 e. The second kappa shape index (κ2) is 3.85. The van der Waals surface area contributed by atoms with Crippen LogP contribution in [0.1, 0.15) is 11.6 Å². The van der Waals surface area contributed by atoms with Crippen molar-refractivity contribution in [3.63, 3.8) is 0 Å². The molecule has 7 nitrogen and oxygen atoms in total. The van der Waals surface area contributed by atoms with E-state index in [0.29, 0.717) is 23.0 Å². The first kappa shape index (κ1) is 11.1. The van der Waals surface area contributed by atoms with Crippen molar-refractivity contribution in [3.8, 4) is 5.69 Å². The summed E-state index contributed by atoms with van der Waals surface area (Å²) in [6.45, 7) is 3.53. The average molecular weight is 233 g/mol. The van der Waals surface area contributed by atoms with Crippen molar-refractivity contribution >= 4 is 11.4 Å². The number of non-ortho nitro benzene ring substituents is 1. The van der Waals surface area contributed by atoms with Crippen LogP contribution in [0, 0.1) is 24.0 Å². The first-order chi connectivity index (χ1) is 7.97. The Morgan fingerprint density at radius 3 is 2.59 bits per heavy atom. The molecule has 2 rings (SSSR count). The van der Waals surface area contributed by atoms with Crippen molar-refractivity contribution in [2.24, 2.45) is 0 Å². The van der Waals surface area contributed by atoms with Gasteiger partial charge >= 0.3 is 0 Å². The van der Waals surface area contributed by atoms with Gasteiger partial charge in [0.2, 0.25) is 0 Å². The number of nitrogens with two attached hydrogens (primary N) is 1. The number of nitro benzene ring substituents is 1. The minimum absolute atomic E-state index is 0.0625. The summed E-state index contributed by atoms with van der Waals surface area (Å²) in [5, 5.41) is 14.9. The van der Waals surface area contributed by atoms with E-state index in [9.17, 15) is 10.1 Å². The molecule has 0 saturated carbocycles. The molecule has 88 valence electrons. The third kappa shape index (κ3) is 2.07. The minimum Gasteiger partial charge on any atom is -0.398 e. The number of aryl methyl sites for hydroxylation is 2. The summed E-state index contributed by atoms with van der Waals surface area (Å²) in [5.74, 6) is 1.26. The molecule has 1 aromatic carbocycles. The highest BCUT2D eigenvalue weighted by atomic mass is 16.6. The van der Waals surface area contributed by atoms with Crippen LogP contribution in [0.4, 0.5) is 11.4 Å². The summed E-state index contributed by atoms with van der Waals surface area (Å²) in [6, 6.07) is 4.34. The zero-order valence-electron chi connectivity index (χ0n) is 9.41. The van der Waals surface area contributed by atoms with Gasteiger partial charge in [0, 0.05) is 17.8 Å². The van der Waals surface area contributed by atoms with Crippen molar-refractivity contribution < 1.29 is 4.92 Å². The predicted molar refractivity (Wildman–Crippen MR) is 61.9 cm³/mol. The van der Waals surface area contributed by atoms with Crippen molar-refractivity contribution in [1.82, 2.24) is 14.8 Å². The maximum atomic E-state index is 10.7. The van der Waals surface area contributed by atoms with Crippen molar-refractivity contribution in [2.45, 2.75) is 13.8 Å². The second-order valence-electron chi connectivity index (χ2n) is 3.66. The fourth-order valence-electron chi connectivity index (χ4n) is 1.61. The molecule has 7 heteroatoms. The maximum Gasteiger partial charge on any atom is 0.273 e. The van der Waals surface area contributed by atoms with Crippen LogP contribution in [0.3, 0.4) is 0 Å². The van der Waals surface area contributed by atoms with Gasteiger partial charge in [-0.2, -0.15) is 5.10 Å². The number of nitrogens with zero attached hydrogens (tertiary/aromatic N) is 4. The number of rotatable bonds is 2. The Morgan fingerprint density at radius 1 is 1.35 bits per heavy atom.